The standard InChI is InChI=1S/C13H15NO2S/c1-9(13(15)16-2)14-7-10-8-17-12-6-4-3-5-11(10)12/h3-6,8-9,14H,7H2,1-2H3. The lowest BCUT2D eigenvalue weighted by molar-refractivity contribution is -0.142. The second-order valence-electron chi connectivity index (χ2n) is 3.88. The van der Waals surface area contributed by atoms with Crippen molar-refractivity contribution in [3.63, 3.8) is 0 Å². The molecule has 0 saturated heterocycles. The van der Waals surface area contributed by atoms with Crippen molar-refractivity contribution in [3.05, 3.63) is 35.2 Å². The third-order valence-corrected chi connectivity index (χ3v) is 3.73. The molecule has 0 fully saturated rings. The van der Waals surface area contributed by atoms with Gasteiger partial charge in [0.05, 0.1) is 7.11 Å². The molecule has 17 heavy (non-hydrogen) atoms. The van der Waals surface area contributed by atoms with Crippen molar-refractivity contribution in [3.8, 4) is 0 Å². The molecule has 1 aromatic carbocycles. The number of benzene rings is 1. The van der Waals surface area contributed by atoms with Crippen LogP contribution < -0.4 is 5.32 Å². The molecule has 0 amide bonds. The lowest BCUT2D eigenvalue weighted by Crippen LogP contribution is -2.34. The first-order chi connectivity index (χ1) is 8.22. The van der Waals surface area contributed by atoms with Crippen molar-refractivity contribution in [2.75, 3.05) is 7.11 Å². The maximum Gasteiger partial charge on any atom is 0.322 e. The number of ether oxygens (including phenoxy) is 1. The molecule has 90 valence electrons. The zero-order valence-electron chi connectivity index (χ0n) is 9.90. The first-order valence-corrected chi connectivity index (χ1v) is 6.36. The second-order valence-corrected chi connectivity index (χ2v) is 4.79. The summed E-state index contributed by atoms with van der Waals surface area (Å²) in [5.74, 6) is -0.232. The van der Waals surface area contributed by atoms with Gasteiger partial charge in [0.1, 0.15) is 6.04 Å². The van der Waals surface area contributed by atoms with Crippen LogP contribution in [0.15, 0.2) is 29.6 Å². The summed E-state index contributed by atoms with van der Waals surface area (Å²) < 4.78 is 5.94. The van der Waals surface area contributed by atoms with Gasteiger partial charge in [0.25, 0.3) is 0 Å². The van der Waals surface area contributed by atoms with Gasteiger partial charge in [-0.3, -0.25) is 4.79 Å². The number of carbonyl (C=O) groups is 1. The molecule has 1 N–H and O–H groups in total. The van der Waals surface area contributed by atoms with Gasteiger partial charge in [0, 0.05) is 11.2 Å². The lowest BCUT2D eigenvalue weighted by Gasteiger charge is -2.10. The van der Waals surface area contributed by atoms with Gasteiger partial charge >= 0.3 is 5.97 Å². The number of methoxy groups -OCH3 is 1. The zero-order chi connectivity index (χ0) is 12.3. The van der Waals surface area contributed by atoms with Crippen LogP contribution in [-0.2, 0) is 16.1 Å². The Morgan fingerprint density at radius 1 is 1.47 bits per heavy atom. The van der Waals surface area contributed by atoms with Crippen LogP contribution in [0.1, 0.15) is 12.5 Å². The predicted molar refractivity (Wildman–Crippen MR) is 70.1 cm³/mol. The van der Waals surface area contributed by atoms with Gasteiger partial charge in [0.15, 0.2) is 0 Å². The van der Waals surface area contributed by atoms with E-state index in [1.807, 2.05) is 12.1 Å². The molecule has 0 aliphatic carbocycles. The van der Waals surface area contributed by atoms with Crippen molar-refractivity contribution in [2.24, 2.45) is 0 Å². The maximum atomic E-state index is 11.3. The minimum absolute atomic E-state index is 0.232. The molecule has 4 heteroatoms. The SMILES string of the molecule is COC(=O)C(C)NCc1csc2ccccc12. The molecule has 0 aliphatic heterocycles. The molecule has 3 nitrogen and oxygen atoms in total. The van der Waals surface area contributed by atoms with Gasteiger partial charge in [-0.1, -0.05) is 18.2 Å². The average Bonchev–Trinajstić information content (AvgIpc) is 2.78. The van der Waals surface area contributed by atoms with Gasteiger partial charge in [-0.05, 0) is 29.3 Å². The predicted octanol–water partition coefficient (Wildman–Crippen LogP) is 2.55. The van der Waals surface area contributed by atoms with Crippen LogP contribution in [0.4, 0.5) is 0 Å². The van der Waals surface area contributed by atoms with Crippen molar-refractivity contribution >= 4 is 27.4 Å². The van der Waals surface area contributed by atoms with Crippen LogP contribution >= 0.6 is 11.3 Å². The van der Waals surface area contributed by atoms with Gasteiger partial charge in [-0.2, -0.15) is 0 Å². The number of thiophene rings is 1. The summed E-state index contributed by atoms with van der Waals surface area (Å²) >= 11 is 1.72. The molecule has 2 rings (SSSR count). The monoisotopic (exact) mass is 249 g/mol. The highest BCUT2D eigenvalue weighted by Gasteiger charge is 2.12. The van der Waals surface area contributed by atoms with Crippen LogP contribution in [0.2, 0.25) is 0 Å². The summed E-state index contributed by atoms with van der Waals surface area (Å²) in [6.07, 6.45) is 0. The third-order valence-electron chi connectivity index (χ3n) is 2.71. The van der Waals surface area contributed by atoms with E-state index in [9.17, 15) is 4.79 Å². The first-order valence-electron chi connectivity index (χ1n) is 5.48. The van der Waals surface area contributed by atoms with E-state index < -0.39 is 0 Å². The Bertz CT molecular complexity index is 521. The molecule has 0 bridgehead atoms. The highest BCUT2D eigenvalue weighted by atomic mass is 32.1. The number of rotatable bonds is 4. The molecule has 2 aromatic rings. The van der Waals surface area contributed by atoms with Gasteiger partial charge in [-0.25, -0.2) is 0 Å². The van der Waals surface area contributed by atoms with E-state index in [4.69, 9.17) is 0 Å². The molecule has 0 saturated carbocycles. The number of esters is 1. The molecule has 0 radical (unpaired) electrons. The van der Waals surface area contributed by atoms with E-state index >= 15 is 0 Å². The van der Waals surface area contributed by atoms with Crippen molar-refractivity contribution in [1.82, 2.24) is 5.32 Å². The van der Waals surface area contributed by atoms with Crippen LogP contribution in [0.25, 0.3) is 10.1 Å². The summed E-state index contributed by atoms with van der Waals surface area (Å²) in [6, 6.07) is 7.99. The number of carbonyl (C=O) groups excluding carboxylic acids is 1. The minimum Gasteiger partial charge on any atom is -0.468 e. The number of hydrogen-bond acceptors (Lipinski definition) is 4. The fraction of sp³-hybridized carbons (Fsp3) is 0.308. The quantitative estimate of drug-likeness (QED) is 0.846. The third kappa shape index (κ3) is 2.65. The van der Waals surface area contributed by atoms with Crippen molar-refractivity contribution < 1.29 is 9.53 Å². The Kier molecular flexibility index (Phi) is 3.76. The zero-order valence-corrected chi connectivity index (χ0v) is 10.7. The Morgan fingerprint density at radius 3 is 3.00 bits per heavy atom. The average molecular weight is 249 g/mol. The Labute approximate surface area is 104 Å². The summed E-state index contributed by atoms with van der Waals surface area (Å²) in [5.41, 5.74) is 1.22. The van der Waals surface area contributed by atoms with Crippen molar-refractivity contribution in [1.29, 1.82) is 0 Å². The fourth-order valence-electron chi connectivity index (χ4n) is 1.69. The van der Waals surface area contributed by atoms with Gasteiger partial charge in [-0.15, -0.1) is 11.3 Å². The van der Waals surface area contributed by atoms with Crippen LogP contribution in [-0.4, -0.2) is 19.1 Å². The molecule has 1 aromatic heterocycles. The summed E-state index contributed by atoms with van der Waals surface area (Å²) in [4.78, 5) is 11.3. The molecule has 1 unspecified atom stereocenters. The minimum atomic E-state index is -0.279. The highest BCUT2D eigenvalue weighted by molar-refractivity contribution is 7.17. The lowest BCUT2D eigenvalue weighted by atomic mass is 10.2. The second kappa shape index (κ2) is 5.29. The number of hydrogen-bond donors (Lipinski definition) is 1. The van der Waals surface area contributed by atoms with Gasteiger partial charge in [0.2, 0.25) is 0 Å². The summed E-state index contributed by atoms with van der Waals surface area (Å²) in [7, 11) is 1.40. The Balaban J connectivity index is 2.07. The summed E-state index contributed by atoms with van der Waals surface area (Å²) in [5, 5.41) is 6.54. The van der Waals surface area contributed by atoms with Crippen LogP contribution in [0.5, 0.6) is 0 Å². The first kappa shape index (κ1) is 12.1. The van der Waals surface area contributed by atoms with E-state index in [0.29, 0.717) is 6.54 Å². The van der Waals surface area contributed by atoms with E-state index in [1.54, 1.807) is 18.3 Å². The van der Waals surface area contributed by atoms with Crippen LogP contribution in [0, 0.1) is 0 Å². The normalized spacial score (nSPS) is 12.6. The van der Waals surface area contributed by atoms with E-state index in [1.165, 1.54) is 22.8 Å². The van der Waals surface area contributed by atoms with E-state index in [0.717, 1.165) is 0 Å². The number of fused-ring (bicyclic) bond motifs is 1. The molecule has 1 heterocycles. The van der Waals surface area contributed by atoms with Crippen molar-refractivity contribution in [2.45, 2.75) is 19.5 Å². The molecular formula is C13H15NO2S. The van der Waals surface area contributed by atoms with E-state index in [2.05, 4.69) is 27.6 Å². The Hall–Kier alpha value is -1.39. The smallest absolute Gasteiger partial charge is 0.322 e. The number of nitrogens with one attached hydrogen (secondary N) is 1. The molecule has 0 spiro atoms. The largest absolute Gasteiger partial charge is 0.468 e. The highest BCUT2D eigenvalue weighted by Crippen LogP contribution is 2.25. The topological polar surface area (TPSA) is 38.3 Å². The molecular weight excluding hydrogens is 234 g/mol. The van der Waals surface area contributed by atoms with Crippen LogP contribution in [0.3, 0.4) is 0 Å². The van der Waals surface area contributed by atoms with E-state index in [-0.39, 0.29) is 12.0 Å². The fourth-order valence-corrected chi connectivity index (χ4v) is 2.66. The maximum absolute atomic E-state index is 11.3. The Morgan fingerprint density at radius 2 is 2.24 bits per heavy atom. The summed E-state index contributed by atoms with van der Waals surface area (Å²) in [6.45, 7) is 2.49. The molecule has 1 atom stereocenters. The molecule has 0 aliphatic rings. The van der Waals surface area contributed by atoms with Gasteiger partial charge < -0.3 is 10.1 Å².